The zero-order chi connectivity index (χ0) is 23.1. The number of likely N-dealkylation sites (tertiary alicyclic amines) is 2. The van der Waals surface area contributed by atoms with Crippen molar-refractivity contribution >= 4 is 22.8 Å². The first-order valence-electron chi connectivity index (χ1n) is 12.8. The molecule has 2 aliphatic heterocycles. The van der Waals surface area contributed by atoms with E-state index in [1.165, 1.54) is 6.42 Å². The minimum atomic E-state index is -0.352. The van der Waals surface area contributed by atoms with Crippen LogP contribution in [-0.2, 0) is 4.79 Å². The van der Waals surface area contributed by atoms with E-state index in [0.29, 0.717) is 18.0 Å². The Bertz CT molecular complexity index is 1160. The molecule has 4 unspecified atom stereocenters. The van der Waals surface area contributed by atoms with Gasteiger partial charge in [-0.2, -0.15) is 0 Å². The third kappa shape index (κ3) is 3.79. The molecule has 3 aliphatic rings. The smallest absolute Gasteiger partial charge is 0.254 e. The van der Waals surface area contributed by atoms with Crippen LogP contribution in [0.4, 0.5) is 0 Å². The molecule has 3 aromatic rings. The normalized spacial score (nSPS) is 27.1. The topological polar surface area (TPSA) is 69.3 Å². The number of fused-ring (bicyclic) bond motifs is 2. The SMILES string of the molecule is O=C(C1CC2CCCCC2N1C(=O)c1ccccc1)N1CCCC(c2nc3ccccc3[nH]2)C1. The van der Waals surface area contributed by atoms with Crippen molar-refractivity contribution in [3.05, 3.63) is 66.0 Å². The summed E-state index contributed by atoms with van der Waals surface area (Å²) in [4.78, 5) is 39.8. The molecular weight excluding hydrogens is 424 g/mol. The number of aromatic amines is 1. The minimum Gasteiger partial charge on any atom is -0.342 e. The molecule has 2 aromatic carbocycles. The lowest BCUT2D eigenvalue weighted by Gasteiger charge is -2.37. The van der Waals surface area contributed by atoms with Crippen LogP contribution < -0.4 is 0 Å². The van der Waals surface area contributed by atoms with E-state index in [-0.39, 0.29) is 29.8 Å². The number of amides is 2. The highest BCUT2D eigenvalue weighted by Gasteiger charge is 2.49. The molecule has 2 amide bonds. The number of nitrogens with zero attached hydrogens (tertiary/aromatic N) is 3. The number of imidazole rings is 1. The molecule has 6 heteroatoms. The predicted molar refractivity (Wildman–Crippen MR) is 131 cm³/mol. The summed E-state index contributed by atoms with van der Waals surface area (Å²) in [6.45, 7) is 1.42. The summed E-state index contributed by atoms with van der Waals surface area (Å²) in [5.74, 6) is 1.74. The third-order valence-electron chi connectivity index (χ3n) is 8.16. The number of para-hydroxylation sites is 2. The summed E-state index contributed by atoms with van der Waals surface area (Å²) >= 11 is 0. The molecule has 6 rings (SSSR count). The number of nitrogens with one attached hydrogen (secondary N) is 1. The number of hydrogen-bond donors (Lipinski definition) is 1. The summed E-state index contributed by atoms with van der Waals surface area (Å²) in [7, 11) is 0. The van der Waals surface area contributed by atoms with Crippen molar-refractivity contribution in [1.82, 2.24) is 19.8 Å². The molecule has 3 fully saturated rings. The van der Waals surface area contributed by atoms with Crippen molar-refractivity contribution in [1.29, 1.82) is 0 Å². The van der Waals surface area contributed by atoms with Crippen LogP contribution in [-0.4, -0.2) is 56.8 Å². The van der Waals surface area contributed by atoms with Gasteiger partial charge in [-0.15, -0.1) is 0 Å². The second-order valence-electron chi connectivity index (χ2n) is 10.2. The maximum absolute atomic E-state index is 13.9. The van der Waals surface area contributed by atoms with E-state index >= 15 is 0 Å². The summed E-state index contributed by atoms with van der Waals surface area (Å²) in [5.41, 5.74) is 2.70. The summed E-state index contributed by atoms with van der Waals surface area (Å²) in [6, 6.07) is 17.4. The number of carbonyl (C=O) groups is 2. The molecule has 0 radical (unpaired) electrons. The van der Waals surface area contributed by atoms with Gasteiger partial charge in [0.1, 0.15) is 11.9 Å². The number of rotatable bonds is 3. The molecule has 1 aliphatic carbocycles. The second-order valence-corrected chi connectivity index (χ2v) is 10.2. The highest BCUT2D eigenvalue weighted by Crippen LogP contribution is 2.41. The predicted octanol–water partition coefficient (Wildman–Crippen LogP) is 4.74. The van der Waals surface area contributed by atoms with Gasteiger partial charge in [-0.05, 0) is 62.3 Å². The average molecular weight is 457 g/mol. The van der Waals surface area contributed by atoms with Crippen molar-refractivity contribution in [3.8, 4) is 0 Å². The number of piperidine rings is 1. The summed E-state index contributed by atoms with van der Waals surface area (Å²) in [5, 5.41) is 0. The third-order valence-corrected chi connectivity index (χ3v) is 8.16. The van der Waals surface area contributed by atoms with Crippen molar-refractivity contribution in [2.24, 2.45) is 5.92 Å². The Morgan fingerprint density at radius 3 is 2.56 bits per heavy atom. The number of benzene rings is 2. The molecule has 2 saturated heterocycles. The first-order valence-corrected chi connectivity index (χ1v) is 12.8. The molecular formula is C28H32N4O2. The molecule has 1 N–H and O–H groups in total. The highest BCUT2D eigenvalue weighted by molar-refractivity contribution is 5.98. The van der Waals surface area contributed by atoms with Gasteiger partial charge in [0, 0.05) is 30.6 Å². The van der Waals surface area contributed by atoms with Gasteiger partial charge in [0.15, 0.2) is 0 Å². The van der Waals surface area contributed by atoms with E-state index in [1.54, 1.807) is 0 Å². The Balaban J connectivity index is 1.25. The van der Waals surface area contributed by atoms with Crippen molar-refractivity contribution in [2.45, 2.75) is 62.9 Å². The zero-order valence-corrected chi connectivity index (χ0v) is 19.5. The van der Waals surface area contributed by atoms with Crippen LogP contribution in [0.25, 0.3) is 11.0 Å². The van der Waals surface area contributed by atoms with Crippen molar-refractivity contribution < 1.29 is 9.59 Å². The van der Waals surface area contributed by atoms with Gasteiger partial charge in [-0.25, -0.2) is 4.98 Å². The fourth-order valence-corrected chi connectivity index (χ4v) is 6.48. The van der Waals surface area contributed by atoms with Gasteiger partial charge in [-0.1, -0.05) is 43.2 Å². The van der Waals surface area contributed by atoms with E-state index in [0.717, 1.165) is 61.9 Å². The van der Waals surface area contributed by atoms with E-state index in [1.807, 2.05) is 64.4 Å². The van der Waals surface area contributed by atoms with E-state index in [4.69, 9.17) is 4.98 Å². The molecule has 0 spiro atoms. The van der Waals surface area contributed by atoms with E-state index in [9.17, 15) is 9.59 Å². The van der Waals surface area contributed by atoms with E-state index < -0.39 is 0 Å². The molecule has 1 aromatic heterocycles. The molecule has 0 bridgehead atoms. The lowest BCUT2D eigenvalue weighted by Crippen LogP contribution is -2.52. The maximum atomic E-state index is 13.9. The fourth-order valence-electron chi connectivity index (χ4n) is 6.48. The first kappa shape index (κ1) is 21.4. The standard InChI is InChI=1S/C28H32N4O2/c33-27(19-9-2-1-3-10-19)32-24-15-7-4-11-20(24)17-25(32)28(34)31-16-8-12-21(18-31)26-29-22-13-5-6-14-23(22)30-26/h1-3,5-6,9-10,13-14,20-21,24-25H,4,7-8,11-12,15-18H2,(H,29,30). The molecule has 6 nitrogen and oxygen atoms in total. The highest BCUT2D eigenvalue weighted by atomic mass is 16.2. The number of H-pyrrole nitrogens is 1. The molecule has 1 saturated carbocycles. The van der Waals surface area contributed by atoms with Crippen LogP contribution in [0.1, 0.15) is 67.0 Å². The maximum Gasteiger partial charge on any atom is 0.254 e. The first-order chi connectivity index (χ1) is 16.7. The Morgan fingerprint density at radius 1 is 0.912 bits per heavy atom. The Hall–Kier alpha value is -3.15. The Labute approximate surface area is 200 Å². The van der Waals surface area contributed by atoms with Gasteiger partial charge < -0.3 is 14.8 Å². The van der Waals surface area contributed by atoms with Gasteiger partial charge in [0.25, 0.3) is 5.91 Å². The van der Waals surface area contributed by atoms with Gasteiger partial charge in [0.05, 0.1) is 11.0 Å². The van der Waals surface area contributed by atoms with Gasteiger partial charge >= 0.3 is 0 Å². The van der Waals surface area contributed by atoms with E-state index in [2.05, 4.69) is 4.98 Å². The Kier molecular flexibility index (Phi) is 5.60. The summed E-state index contributed by atoms with van der Waals surface area (Å²) < 4.78 is 0. The zero-order valence-electron chi connectivity index (χ0n) is 19.5. The monoisotopic (exact) mass is 456 g/mol. The van der Waals surface area contributed by atoms with Crippen LogP contribution in [0, 0.1) is 5.92 Å². The fraction of sp³-hybridized carbons (Fsp3) is 0.464. The van der Waals surface area contributed by atoms with Crippen molar-refractivity contribution in [2.75, 3.05) is 13.1 Å². The molecule has 176 valence electrons. The number of carbonyl (C=O) groups excluding carboxylic acids is 2. The molecule has 4 atom stereocenters. The number of hydrogen-bond acceptors (Lipinski definition) is 3. The lowest BCUT2D eigenvalue weighted by molar-refractivity contribution is -0.137. The quantitative estimate of drug-likeness (QED) is 0.619. The lowest BCUT2D eigenvalue weighted by atomic mass is 9.84. The van der Waals surface area contributed by atoms with Crippen LogP contribution >= 0.6 is 0 Å². The van der Waals surface area contributed by atoms with Crippen LogP contribution in [0.2, 0.25) is 0 Å². The minimum absolute atomic E-state index is 0.0131. The number of aromatic nitrogens is 2. The molecule has 3 heterocycles. The van der Waals surface area contributed by atoms with Gasteiger partial charge in [0.2, 0.25) is 5.91 Å². The second kappa shape index (κ2) is 8.90. The molecule has 34 heavy (non-hydrogen) atoms. The largest absolute Gasteiger partial charge is 0.342 e. The van der Waals surface area contributed by atoms with Crippen molar-refractivity contribution in [3.63, 3.8) is 0 Å². The van der Waals surface area contributed by atoms with Crippen LogP contribution in [0.5, 0.6) is 0 Å². The van der Waals surface area contributed by atoms with Crippen LogP contribution in [0.3, 0.4) is 0 Å². The van der Waals surface area contributed by atoms with Crippen LogP contribution in [0.15, 0.2) is 54.6 Å². The average Bonchev–Trinajstić information content (AvgIpc) is 3.50. The Morgan fingerprint density at radius 2 is 1.71 bits per heavy atom. The summed E-state index contributed by atoms with van der Waals surface area (Å²) in [6.07, 6.45) is 7.24. The van der Waals surface area contributed by atoms with Gasteiger partial charge in [-0.3, -0.25) is 9.59 Å².